The van der Waals surface area contributed by atoms with Gasteiger partial charge in [0.15, 0.2) is 0 Å². The Morgan fingerprint density at radius 1 is 1.00 bits per heavy atom. The molecule has 0 nitrogen and oxygen atoms in total. The molecule has 0 aliphatic rings. The number of rotatable bonds is 2. The molecule has 0 bridgehead atoms. The van der Waals surface area contributed by atoms with Crippen molar-refractivity contribution in [2.75, 3.05) is 0 Å². The van der Waals surface area contributed by atoms with Crippen LogP contribution in [-0.4, -0.2) is 31.4 Å². The van der Waals surface area contributed by atoms with Gasteiger partial charge < -0.3 is 0 Å². The molecule has 0 aromatic carbocycles. The lowest BCUT2D eigenvalue weighted by molar-refractivity contribution is 0.445. The Bertz CT molecular complexity index is 111. The van der Waals surface area contributed by atoms with E-state index in [1.807, 2.05) is 13.8 Å². The topological polar surface area (TPSA) is 0 Å². The average Bonchev–Trinajstić information content (AvgIpc) is 1.62. The zero-order valence-electron chi connectivity index (χ0n) is 6.89. The Hall–Kier alpha value is 0.260. The lowest BCUT2D eigenvalue weighted by Gasteiger charge is -2.44. The van der Waals surface area contributed by atoms with Gasteiger partial charge in [-0.2, -0.15) is 0 Å². The van der Waals surface area contributed by atoms with Crippen LogP contribution in [0.25, 0.3) is 0 Å². The van der Waals surface area contributed by atoms with Crippen molar-refractivity contribution >= 4 is 31.4 Å². The van der Waals surface area contributed by atoms with Crippen molar-refractivity contribution in [1.82, 2.24) is 0 Å². The summed E-state index contributed by atoms with van der Waals surface area (Å²) in [5.41, 5.74) is 0. The molecule has 1 atom stereocenters. The van der Waals surface area contributed by atoms with Gasteiger partial charge >= 0.3 is 0 Å². The van der Waals surface area contributed by atoms with Crippen LogP contribution >= 0.6 is 0 Å². The maximum Gasteiger partial charge on any atom is 0.0724 e. The van der Waals surface area contributed by atoms with Crippen molar-refractivity contribution in [3.05, 3.63) is 0 Å². The van der Waals surface area contributed by atoms with Gasteiger partial charge in [-0.05, 0) is 0 Å². The van der Waals surface area contributed by atoms with E-state index < -0.39 is 10.4 Å². The summed E-state index contributed by atoms with van der Waals surface area (Å²) in [6.07, 6.45) is 0. The molecule has 8 radical (unpaired) electrons. The van der Waals surface area contributed by atoms with Crippen LogP contribution in [0.3, 0.4) is 0 Å². The van der Waals surface area contributed by atoms with Crippen LogP contribution < -0.4 is 0 Å². The van der Waals surface area contributed by atoms with E-state index in [0.717, 1.165) is 0 Å². The Morgan fingerprint density at radius 3 is 1.30 bits per heavy atom. The molecule has 1 unspecified atom stereocenters. The van der Waals surface area contributed by atoms with E-state index in [9.17, 15) is 0 Å². The highest BCUT2D eigenvalue weighted by Crippen LogP contribution is 2.47. The van der Waals surface area contributed by atoms with Crippen LogP contribution in [0, 0.1) is 5.92 Å². The molecule has 0 aromatic rings. The summed E-state index contributed by atoms with van der Waals surface area (Å²) in [4.78, 5) is 0. The standard InChI is InChI=1S/C6H10B4/c1-4(2)5(3,7)6(8,9)10/h4H,1-3H3. The highest BCUT2D eigenvalue weighted by atomic mass is 14.2. The van der Waals surface area contributed by atoms with E-state index in [1.165, 1.54) is 0 Å². The largest absolute Gasteiger partial charge is 0.132 e. The minimum absolute atomic E-state index is 0.160. The van der Waals surface area contributed by atoms with Crippen LogP contribution in [0.4, 0.5) is 0 Å². The molecular weight excluding hydrogens is 115 g/mol. The summed E-state index contributed by atoms with van der Waals surface area (Å²) in [5.74, 6) is 0.160. The molecule has 0 fully saturated rings. The monoisotopic (exact) mass is 126 g/mol. The molecule has 0 rings (SSSR count). The first kappa shape index (κ1) is 10.3. The van der Waals surface area contributed by atoms with E-state index in [-0.39, 0.29) is 5.92 Å². The first-order chi connectivity index (χ1) is 4.19. The second kappa shape index (κ2) is 2.71. The van der Waals surface area contributed by atoms with Crippen molar-refractivity contribution in [1.29, 1.82) is 0 Å². The minimum Gasteiger partial charge on any atom is -0.132 e. The first-order valence-corrected chi connectivity index (χ1v) is 3.35. The maximum absolute atomic E-state index is 5.76. The van der Waals surface area contributed by atoms with Crippen molar-refractivity contribution in [3.63, 3.8) is 0 Å². The van der Waals surface area contributed by atoms with Crippen LogP contribution in [-0.2, 0) is 0 Å². The molecule has 0 aliphatic heterocycles. The van der Waals surface area contributed by atoms with Gasteiger partial charge in [0.25, 0.3) is 0 Å². The first-order valence-electron chi connectivity index (χ1n) is 3.35. The Balaban J connectivity index is 4.40. The fraction of sp³-hybridized carbons (Fsp3) is 1.00. The van der Waals surface area contributed by atoms with E-state index in [2.05, 4.69) is 0 Å². The summed E-state index contributed by atoms with van der Waals surface area (Å²) in [5, 5.41) is -2.03. The average molecular weight is 125 g/mol. The molecule has 46 valence electrons. The Morgan fingerprint density at radius 2 is 1.30 bits per heavy atom. The molecule has 0 saturated carbocycles. The van der Waals surface area contributed by atoms with E-state index in [4.69, 9.17) is 31.4 Å². The molecule has 4 heteroatoms. The minimum atomic E-state index is -1.30. The molecule has 0 saturated heterocycles. The summed E-state index contributed by atoms with van der Waals surface area (Å²) < 4.78 is 0. The maximum atomic E-state index is 5.76. The van der Waals surface area contributed by atoms with Gasteiger partial charge in [-0.3, -0.25) is 0 Å². The molecule has 0 amide bonds. The van der Waals surface area contributed by atoms with Gasteiger partial charge in [0.05, 0.1) is 31.4 Å². The van der Waals surface area contributed by atoms with Crippen LogP contribution in [0.5, 0.6) is 0 Å². The highest BCUT2D eigenvalue weighted by molar-refractivity contribution is 6.62. The summed E-state index contributed by atoms with van der Waals surface area (Å²) >= 11 is 0. The van der Waals surface area contributed by atoms with Gasteiger partial charge in [0.2, 0.25) is 0 Å². The highest BCUT2D eigenvalue weighted by Gasteiger charge is 2.32. The second-order valence-corrected chi connectivity index (χ2v) is 3.37. The van der Waals surface area contributed by atoms with Crippen molar-refractivity contribution < 1.29 is 0 Å². The summed E-state index contributed by atoms with van der Waals surface area (Å²) in [6.45, 7) is 5.61. The predicted octanol–water partition coefficient (Wildman–Crippen LogP) is 0.569. The van der Waals surface area contributed by atoms with E-state index >= 15 is 0 Å². The fourth-order valence-corrected chi connectivity index (χ4v) is 0.500. The van der Waals surface area contributed by atoms with Gasteiger partial charge in [-0.1, -0.05) is 32.0 Å². The lowest BCUT2D eigenvalue weighted by Crippen LogP contribution is -2.33. The second-order valence-electron chi connectivity index (χ2n) is 3.37. The van der Waals surface area contributed by atoms with Gasteiger partial charge in [0, 0.05) is 0 Å². The quantitative estimate of drug-likeness (QED) is 0.473. The SMILES string of the molecule is [B]C([B])([B])C([B])(C)C(C)C. The molecule has 0 heterocycles. The third kappa shape index (κ3) is 1.87. The Labute approximate surface area is 69.2 Å². The smallest absolute Gasteiger partial charge is 0.0724 e. The molecular formula is C6H10B4. The molecule has 0 aromatic heterocycles. The third-order valence-electron chi connectivity index (χ3n) is 2.13. The van der Waals surface area contributed by atoms with Crippen molar-refractivity contribution in [3.8, 4) is 0 Å². The number of hydrogen-bond acceptors (Lipinski definition) is 0. The fourth-order valence-electron chi connectivity index (χ4n) is 0.500. The third-order valence-corrected chi connectivity index (χ3v) is 2.13. The van der Waals surface area contributed by atoms with Crippen LogP contribution in [0.1, 0.15) is 20.8 Å². The summed E-state index contributed by atoms with van der Waals surface area (Å²) in [6, 6.07) is 0. The molecule has 0 N–H and O–H groups in total. The van der Waals surface area contributed by atoms with Crippen LogP contribution in [0.15, 0.2) is 0 Å². The Kier molecular flexibility index (Phi) is 2.78. The van der Waals surface area contributed by atoms with E-state index in [0.29, 0.717) is 0 Å². The normalized spacial score (nSPS) is 18.8. The summed E-state index contributed by atoms with van der Waals surface area (Å²) in [7, 11) is 22.1. The molecule has 10 heavy (non-hydrogen) atoms. The molecule has 0 aliphatic carbocycles. The van der Waals surface area contributed by atoms with Gasteiger partial charge in [-0.15, -0.1) is 5.11 Å². The van der Waals surface area contributed by atoms with Gasteiger partial charge in [-0.25, -0.2) is 0 Å². The van der Waals surface area contributed by atoms with E-state index in [1.54, 1.807) is 6.92 Å². The predicted molar refractivity (Wildman–Crippen MR) is 48.9 cm³/mol. The lowest BCUT2D eigenvalue weighted by atomic mass is 9.27. The van der Waals surface area contributed by atoms with Crippen molar-refractivity contribution in [2.24, 2.45) is 5.92 Å². The van der Waals surface area contributed by atoms with Crippen molar-refractivity contribution in [2.45, 2.75) is 31.2 Å². The van der Waals surface area contributed by atoms with Crippen LogP contribution in [0.2, 0.25) is 10.4 Å². The molecule has 0 spiro atoms. The number of hydrogen-bond donors (Lipinski definition) is 0. The zero-order chi connectivity index (χ0) is 8.58. The zero-order valence-corrected chi connectivity index (χ0v) is 6.89. The van der Waals surface area contributed by atoms with Gasteiger partial charge in [0.1, 0.15) is 0 Å².